The number of fused-ring (bicyclic) bond motifs is 9. The number of hydrogen-bond acceptors (Lipinski definition) is 5. The van der Waals surface area contributed by atoms with E-state index in [4.69, 9.17) is 9.97 Å². The average molecular weight is 567 g/mol. The Balaban J connectivity index is 1.47. The molecule has 0 fully saturated rings. The molecule has 0 spiro atoms. The highest BCUT2D eigenvalue weighted by Gasteiger charge is 2.38. The number of nitrogens with zero attached hydrogens (tertiary/aromatic N) is 6. The van der Waals surface area contributed by atoms with Crippen LogP contribution < -0.4 is 0 Å². The van der Waals surface area contributed by atoms with Crippen LogP contribution in [0.2, 0.25) is 0 Å². The highest BCUT2D eigenvalue weighted by Crippen LogP contribution is 2.53. The molecule has 9 rings (SSSR count). The average Bonchev–Trinajstić information content (AvgIpc) is 3.54. The molecule has 8 aromatic rings. The van der Waals surface area contributed by atoms with Crippen LogP contribution in [-0.2, 0) is 5.41 Å². The van der Waals surface area contributed by atoms with Gasteiger partial charge in [0.2, 0.25) is 0 Å². The van der Waals surface area contributed by atoms with Gasteiger partial charge in [0.1, 0.15) is 0 Å². The van der Waals surface area contributed by atoms with Gasteiger partial charge in [-0.05, 0) is 70.8 Å². The van der Waals surface area contributed by atoms with Crippen LogP contribution in [0.4, 0.5) is 0 Å². The Morgan fingerprint density at radius 1 is 0.591 bits per heavy atom. The molecule has 5 aromatic heterocycles. The third-order valence-corrected chi connectivity index (χ3v) is 8.97. The second-order valence-corrected chi connectivity index (χ2v) is 11.8. The lowest BCUT2D eigenvalue weighted by Crippen LogP contribution is -2.16. The molecule has 1 aliphatic carbocycles. The SMILES string of the molecule is CC1(C)c2ccccc2-c2ccc3c4c5nccnc5ccc4n(-c4cc(-c5ccccn5)nc(-c5ccccn5)c4)c3c21. The fourth-order valence-corrected chi connectivity index (χ4v) is 7.08. The molecule has 6 heteroatoms. The predicted octanol–water partition coefficient (Wildman–Crippen LogP) is 8.55. The molecular weight excluding hydrogens is 540 g/mol. The number of hydrogen-bond donors (Lipinski definition) is 0. The Labute approximate surface area is 253 Å². The monoisotopic (exact) mass is 566 g/mol. The first-order valence-electron chi connectivity index (χ1n) is 14.8. The summed E-state index contributed by atoms with van der Waals surface area (Å²) in [6.07, 6.45) is 7.15. The summed E-state index contributed by atoms with van der Waals surface area (Å²) >= 11 is 0. The summed E-state index contributed by atoms with van der Waals surface area (Å²) < 4.78 is 2.39. The largest absolute Gasteiger partial charge is 0.309 e. The van der Waals surface area contributed by atoms with Gasteiger partial charge in [-0.2, -0.15) is 0 Å². The smallest absolute Gasteiger partial charge is 0.0986 e. The van der Waals surface area contributed by atoms with Gasteiger partial charge in [0.15, 0.2) is 0 Å². The lowest BCUT2D eigenvalue weighted by atomic mass is 9.81. The van der Waals surface area contributed by atoms with Gasteiger partial charge in [-0.25, -0.2) is 4.98 Å². The second kappa shape index (κ2) is 9.12. The van der Waals surface area contributed by atoms with Crippen LogP contribution in [0.1, 0.15) is 25.0 Å². The zero-order valence-electron chi connectivity index (χ0n) is 24.2. The highest BCUT2D eigenvalue weighted by molar-refractivity contribution is 6.21. The maximum Gasteiger partial charge on any atom is 0.0986 e. The molecule has 0 radical (unpaired) electrons. The van der Waals surface area contributed by atoms with Crippen molar-refractivity contribution in [3.8, 4) is 39.6 Å². The minimum absolute atomic E-state index is 0.223. The van der Waals surface area contributed by atoms with E-state index >= 15 is 0 Å². The van der Waals surface area contributed by atoms with E-state index in [1.54, 1.807) is 12.4 Å². The first-order chi connectivity index (χ1) is 21.6. The van der Waals surface area contributed by atoms with Crippen molar-refractivity contribution in [2.24, 2.45) is 0 Å². The van der Waals surface area contributed by atoms with E-state index in [0.717, 1.165) is 55.8 Å². The van der Waals surface area contributed by atoms with Crippen molar-refractivity contribution in [3.63, 3.8) is 0 Å². The van der Waals surface area contributed by atoms with Crippen LogP contribution in [0.3, 0.4) is 0 Å². The zero-order valence-corrected chi connectivity index (χ0v) is 24.2. The van der Waals surface area contributed by atoms with Crippen molar-refractivity contribution in [2.45, 2.75) is 19.3 Å². The standard InChI is InChI=1S/C38H26N6/c1-38(2)27-10-4-3-9-24(27)25-13-14-26-34-33(16-15-30-36(34)42-20-19-41-30)44(37(26)35(25)38)23-21-31(28-11-5-7-17-39-28)43-32(22-23)29-12-6-8-18-40-29/h3-22H,1-2H3. The number of rotatable bonds is 3. The first-order valence-corrected chi connectivity index (χ1v) is 14.8. The van der Waals surface area contributed by atoms with Gasteiger partial charge in [0.05, 0.1) is 50.5 Å². The van der Waals surface area contributed by atoms with E-state index in [9.17, 15) is 0 Å². The molecule has 0 saturated carbocycles. The molecule has 0 N–H and O–H groups in total. The molecule has 44 heavy (non-hydrogen) atoms. The molecule has 6 nitrogen and oxygen atoms in total. The maximum atomic E-state index is 5.07. The molecule has 0 amide bonds. The van der Waals surface area contributed by atoms with Gasteiger partial charge in [-0.15, -0.1) is 0 Å². The van der Waals surface area contributed by atoms with Crippen LogP contribution in [0.25, 0.3) is 72.4 Å². The molecule has 0 aliphatic heterocycles. The quantitative estimate of drug-likeness (QED) is 0.214. The van der Waals surface area contributed by atoms with Gasteiger partial charge < -0.3 is 4.57 Å². The van der Waals surface area contributed by atoms with E-state index < -0.39 is 0 Å². The molecule has 208 valence electrons. The van der Waals surface area contributed by atoms with E-state index in [1.165, 1.54) is 27.8 Å². The molecule has 3 aromatic carbocycles. The Kier molecular flexibility index (Phi) is 5.14. The van der Waals surface area contributed by atoms with Crippen molar-refractivity contribution in [3.05, 3.63) is 133 Å². The van der Waals surface area contributed by atoms with Crippen LogP contribution in [0.15, 0.2) is 122 Å². The summed E-state index contributed by atoms with van der Waals surface area (Å²) in [5.41, 5.74) is 13.2. The van der Waals surface area contributed by atoms with Gasteiger partial charge in [-0.3, -0.25) is 19.9 Å². The first kappa shape index (κ1) is 24.8. The van der Waals surface area contributed by atoms with Crippen LogP contribution in [-0.4, -0.2) is 29.5 Å². The fraction of sp³-hybridized carbons (Fsp3) is 0.0789. The summed E-state index contributed by atoms with van der Waals surface area (Å²) in [6, 6.07) is 33.7. The molecular formula is C38H26N6. The van der Waals surface area contributed by atoms with Crippen molar-refractivity contribution in [2.75, 3.05) is 0 Å². The van der Waals surface area contributed by atoms with E-state index in [-0.39, 0.29) is 5.41 Å². The second-order valence-electron chi connectivity index (χ2n) is 11.8. The summed E-state index contributed by atoms with van der Waals surface area (Å²) in [7, 11) is 0. The third kappa shape index (κ3) is 3.45. The van der Waals surface area contributed by atoms with E-state index in [0.29, 0.717) is 0 Å². The minimum atomic E-state index is -0.223. The Bertz CT molecular complexity index is 2350. The lowest BCUT2D eigenvalue weighted by molar-refractivity contribution is 0.664. The van der Waals surface area contributed by atoms with E-state index in [2.05, 4.69) is 94.0 Å². The number of benzene rings is 3. The van der Waals surface area contributed by atoms with Gasteiger partial charge >= 0.3 is 0 Å². The minimum Gasteiger partial charge on any atom is -0.309 e. The fourth-order valence-electron chi connectivity index (χ4n) is 7.08. The van der Waals surface area contributed by atoms with Crippen molar-refractivity contribution < 1.29 is 0 Å². The van der Waals surface area contributed by atoms with Gasteiger partial charge in [0, 0.05) is 41.0 Å². The molecule has 0 bridgehead atoms. The summed E-state index contributed by atoms with van der Waals surface area (Å²) in [4.78, 5) is 23.9. The Morgan fingerprint density at radius 3 is 2.02 bits per heavy atom. The normalized spacial score (nSPS) is 13.4. The predicted molar refractivity (Wildman–Crippen MR) is 176 cm³/mol. The van der Waals surface area contributed by atoms with Crippen LogP contribution in [0, 0.1) is 0 Å². The van der Waals surface area contributed by atoms with Crippen LogP contribution >= 0.6 is 0 Å². The molecule has 5 heterocycles. The Morgan fingerprint density at radius 2 is 1.30 bits per heavy atom. The highest BCUT2D eigenvalue weighted by atomic mass is 15.0. The van der Waals surface area contributed by atoms with Gasteiger partial charge in [-0.1, -0.05) is 62.4 Å². The molecule has 1 aliphatic rings. The topological polar surface area (TPSA) is 69.4 Å². The summed E-state index contributed by atoms with van der Waals surface area (Å²) in [5.74, 6) is 0. The van der Waals surface area contributed by atoms with Crippen molar-refractivity contribution in [1.82, 2.24) is 29.5 Å². The van der Waals surface area contributed by atoms with E-state index in [1.807, 2.05) is 48.8 Å². The zero-order chi connectivity index (χ0) is 29.4. The summed E-state index contributed by atoms with van der Waals surface area (Å²) in [5, 5.41) is 2.25. The van der Waals surface area contributed by atoms with Crippen molar-refractivity contribution >= 4 is 32.8 Å². The molecule has 0 saturated heterocycles. The lowest BCUT2D eigenvalue weighted by Gasteiger charge is -2.24. The van der Waals surface area contributed by atoms with Gasteiger partial charge in [0.25, 0.3) is 0 Å². The molecule has 0 unspecified atom stereocenters. The third-order valence-electron chi connectivity index (χ3n) is 8.97. The molecule has 0 atom stereocenters. The maximum absolute atomic E-state index is 5.07. The number of pyridine rings is 3. The number of aromatic nitrogens is 6. The Hall–Kier alpha value is -5.75. The van der Waals surface area contributed by atoms with Crippen LogP contribution in [0.5, 0.6) is 0 Å². The van der Waals surface area contributed by atoms with Crippen molar-refractivity contribution in [1.29, 1.82) is 0 Å². The summed E-state index contributed by atoms with van der Waals surface area (Å²) in [6.45, 7) is 4.67.